The highest BCUT2D eigenvalue weighted by Gasteiger charge is 2.21. The third-order valence-corrected chi connectivity index (χ3v) is 9.32. The van der Waals surface area contributed by atoms with E-state index >= 15 is 0 Å². The number of carbonyl (C=O) groups excluding carboxylic acids is 1. The van der Waals surface area contributed by atoms with Crippen LogP contribution in [0.4, 0.5) is 5.69 Å². The molecule has 50 heavy (non-hydrogen) atoms. The van der Waals surface area contributed by atoms with Crippen LogP contribution in [0, 0.1) is 17.9 Å². The second-order valence-corrected chi connectivity index (χ2v) is 12.5. The molecule has 12 heteroatoms. The summed E-state index contributed by atoms with van der Waals surface area (Å²) in [6.45, 7) is 8.87. The van der Waals surface area contributed by atoms with Crippen molar-refractivity contribution in [2.75, 3.05) is 13.2 Å². The standard InChI is InChI=1S/C38H34ClN7O4/c1-41-33-15-24(18-43-34(22-47)38(49)50)14-26(16-40)32(33)21-46-35-7-3-5-29(31(35)20-44-46)30-6-2-4-28(37(30)39)25-10-8-23(9-11-25)17-42-19-27-12-13-36(48)45-27/h2-11,14-15,20,27,34,42-43,47H,12-13,17-19,21-22H2,(H,45,48)(H,49,50)/t27-,34-/m0/s1. The Morgan fingerprint density at radius 2 is 1.86 bits per heavy atom. The number of fused-ring (bicyclic) bond motifs is 1. The lowest BCUT2D eigenvalue weighted by Gasteiger charge is -2.14. The Labute approximate surface area is 293 Å². The smallest absolute Gasteiger partial charge is 0.323 e. The van der Waals surface area contributed by atoms with E-state index in [9.17, 15) is 25.1 Å². The first-order valence-corrected chi connectivity index (χ1v) is 16.5. The number of nitrogens with zero attached hydrogens (tertiary/aromatic N) is 4. The van der Waals surface area contributed by atoms with Crippen LogP contribution in [-0.4, -0.2) is 57.1 Å². The van der Waals surface area contributed by atoms with Crippen LogP contribution in [0.15, 0.2) is 79.0 Å². The summed E-state index contributed by atoms with van der Waals surface area (Å²) in [5, 5.41) is 43.8. The highest BCUT2D eigenvalue weighted by molar-refractivity contribution is 6.36. The van der Waals surface area contributed by atoms with Gasteiger partial charge >= 0.3 is 5.97 Å². The van der Waals surface area contributed by atoms with Gasteiger partial charge < -0.3 is 20.8 Å². The normalized spacial score (nSPS) is 14.6. The number of hydrogen-bond acceptors (Lipinski definition) is 7. The Kier molecular flexibility index (Phi) is 10.5. The molecule has 0 bridgehead atoms. The molecule has 5 aromatic rings. The van der Waals surface area contributed by atoms with Crippen molar-refractivity contribution in [1.82, 2.24) is 25.7 Å². The summed E-state index contributed by atoms with van der Waals surface area (Å²) in [6.07, 6.45) is 3.21. The number of aromatic nitrogens is 2. The van der Waals surface area contributed by atoms with Crippen LogP contribution in [-0.2, 0) is 29.2 Å². The predicted octanol–water partition coefficient (Wildman–Crippen LogP) is 5.40. The summed E-state index contributed by atoms with van der Waals surface area (Å²) < 4.78 is 1.75. The van der Waals surface area contributed by atoms with Gasteiger partial charge in [-0.15, -0.1) is 0 Å². The van der Waals surface area contributed by atoms with Gasteiger partial charge in [0.25, 0.3) is 0 Å². The SMILES string of the molecule is [C-]#[N+]c1cc(CN[C@@H](CO)C(=O)O)cc(C#N)c1Cn1ncc2c(-c3cccc(-c4ccc(CNC[C@@H]5CCC(=O)N5)cc4)c3Cl)cccc21. The van der Waals surface area contributed by atoms with Crippen LogP contribution in [0.1, 0.15) is 35.1 Å². The molecule has 0 saturated carbocycles. The minimum Gasteiger partial charge on any atom is -0.480 e. The molecule has 0 aliphatic carbocycles. The number of hydrogen-bond donors (Lipinski definition) is 5. The molecule has 0 spiro atoms. The molecule has 5 N–H and O–H groups in total. The number of aliphatic carboxylic acids is 1. The fourth-order valence-corrected chi connectivity index (χ4v) is 6.59. The van der Waals surface area contributed by atoms with Gasteiger partial charge in [0.2, 0.25) is 5.91 Å². The highest BCUT2D eigenvalue weighted by atomic mass is 35.5. The Bertz CT molecular complexity index is 2110. The Morgan fingerprint density at radius 3 is 2.56 bits per heavy atom. The zero-order valence-corrected chi connectivity index (χ0v) is 27.7. The number of carbonyl (C=O) groups is 2. The highest BCUT2D eigenvalue weighted by Crippen LogP contribution is 2.39. The molecule has 1 aliphatic heterocycles. The molecule has 2 heterocycles. The zero-order chi connectivity index (χ0) is 35.2. The van der Waals surface area contributed by atoms with Crippen molar-refractivity contribution in [3.63, 3.8) is 0 Å². The van der Waals surface area contributed by atoms with Crippen molar-refractivity contribution in [1.29, 1.82) is 5.26 Å². The number of carboxylic acids is 1. The molecule has 0 unspecified atom stereocenters. The summed E-state index contributed by atoms with van der Waals surface area (Å²) in [7, 11) is 0. The van der Waals surface area contributed by atoms with Gasteiger partial charge in [-0.25, -0.2) is 4.85 Å². The van der Waals surface area contributed by atoms with Crippen molar-refractivity contribution in [3.05, 3.63) is 118 Å². The number of aliphatic hydroxyl groups excluding tert-OH is 1. The number of nitriles is 1. The van der Waals surface area contributed by atoms with Crippen molar-refractivity contribution < 1.29 is 19.8 Å². The van der Waals surface area contributed by atoms with Gasteiger partial charge in [0.15, 0.2) is 5.69 Å². The number of rotatable bonds is 13. The molecule has 252 valence electrons. The van der Waals surface area contributed by atoms with E-state index < -0.39 is 18.6 Å². The number of benzene rings is 4. The van der Waals surface area contributed by atoms with Crippen LogP contribution in [0.5, 0.6) is 0 Å². The Balaban J connectivity index is 1.23. The number of aliphatic hydroxyl groups is 1. The van der Waals surface area contributed by atoms with Crippen molar-refractivity contribution in [2.24, 2.45) is 0 Å². The number of nitrogens with one attached hydrogen (secondary N) is 3. The van der Waals surface area contributed by atoms with Gasteiger partial charge in [0, 0.05) is 54.2 Å². The Hall–Kier alpha value is -5.56. The average molecular weight is 688 g/mol. The molecule has 4 aromatic carbocycles. The first-order valence-electron chi connectivity index (χ1n) is 16.1. The average Bonchev–Trinajstić information content (AvgIpc) is 3.74. The lowest BCUT2D eigenvalue weighted by molar-refractivity contribution is -0.140. The van der Waals surface area contributed by atoms with Crippen LogP contribution in [0.25, 0.3) is 38.0 Å². The second kappa shape index (κ2) is 15.3. The topological polar surface area (TPSA) is 157 Å². The van der Waals surface area contributed by atoms with Crippen LogP contribution < -0.4 is 16.0 Å². The fraction of sp³-hybridized carbons (Fsp3) is 0.237. The number of halogens is 1. The summed E-state index contributed by atoms with van der Waals surface area (Å²) >= 11 is 7.09. The molecule has 11 nitrogen and oxygen atoms in total. The summed E-state index contributed by atoms with van der Waals surface area (Å²) in [5.41, 5.74) is 7.15. The van der Waals surface area contributed by atoms with Gasteiger partial charge in [-0.05, 0) is 46.4 Å². The van der Waals surface area contributed by atoms with Gasteiger partial charge in [0.1, 0.15) is 6.04 Å². The molecule has 6 rings (SSSR count). The fourth-order valence-electron chi connectivity index (χ4n) is 6.25. The zero-order valence-electron chi connectivity index (χ0n) is 27.0. The van der Waals surface area contributed by atoms with E-state index in [1.54, 1.807) is 23.0 Å². The molecule has 1 aromatic heterocycles. The molecule has 2 atom stereocenters. The minimum atomic E-state index is -1.19. The van der Waals surface area contributed by atoms with Crippen LogP contribution in [0.2, 0.25) is 5.02 Å². The number of amides is 1. The lowest BCUT2D eigenvalue weighted by Crippen LogP contribution is -2.39. The van der Waals surface area contributed by atoms with Crippen LogP contribution in [0.3, 0.4) is 0 Å². The van der Waals surface area contributed by atoms with E-state index in [1.165, 1.54) is 0 Å². The summed E-state index contributed by atoms with van der Waals surface area (Å²) in [6, 6.07) is 24.5. The maximum absolute atomic E-state index is 11.4. The first-order chi connectivity index (χ1) is 24.3. The van der Waals surface area contributed by atoms with E-state index in [0.29, 0.717) is 29.1 Å². The largest absolute Gasteiger partial charge is 0.480 e. The second-order valence-electron chi connectivity index (χ2n) is 12.2. The van der Waals surface area contributed by atoms with Gasteiger partial charge in [0.05, 0.1) is 42.5 Å². The molecular formula is C38H34ClN7O4. The van der Waals surface area contributed by atoms with Gasteiger partial charge in [-0.2, -0.15) is 10.4 Å². The third-order valence-electron chi connectivity index (χ3n) is 8.91. The minimum absolute atomic E-state index is 0.0621. The van der Waals surface area contributed by atoms with E-state index in [2.05, 4.69) is 56.2 Å². The van der Waals surface area contributed by atoms with Crippen molar-refractivity contribution in [3.8, 4) is 28.3 Å². The quantitative estimate of drug-likeness (QED) is 0.103. The summed E-state index contributed by atoms with van der Waals surface area (Å²) in [4.78, 5) is 26.4. The molecule has 1 fully saturated rings. The number of carboxylic acid groups (broad SMARTS) is 1. The van der Waals surface area contributed by atoms with Gasteiger partial charge in [-0.3, -0.25) is 19.6 Å². The Morgan fingerprint density at radius 1 is 1.10 bits per heavy atom. The molecule has 1 amide bonds. The molecular weight excluding hydrogens is 654 g/mol. The molecule has 1 aliphatic rings. The first kappa shape index (κ1) is 34.3. The van der Waals surface area contributed by atoms with E-state index in [4.69, 9.17) is 18.2 Å². The van der Waals surface area contributed by atoms with E-state index in [0.717, 1.165) is 51.7 Å². The predicted molar refractivity (Wildman–Crippen MR) is 190 cm³/mol. The van der Waals surface area contributed by atoms with E-state index in [-0.39, 0.29) is 36.3 Å². The molecule has 0 radical (unpaired) electrons. The molecule has 1 saturated heterocycles. The maximum Gasteiger partial charge on any atom is 0.323 e. The summed E-state index contributed by atoms with van der Waals surface area (Å²) in [5.74, 6) is -1.08. The van der Waals surface area contributed by atoms with Crippen molar-refractivity contribution in [2.45, 2.75) is 44.6 Å². The monoisotopic (exact) mass is 687 g/mol. The van der Waals surface area contributed by atoms with Gasteiger partial charge in [-0.1, -0.05) is 72.3 Å². The lowest BCUT2D eigenvalue weighted by atomic mass is 9.96. The van der Waals surface area contributed by atoms with Crippen LogP contribution >= 0.6 is 11.6 Å². The van der Waals surface area contributed by atoms with E-state index in [1.807, 2.05) is 36.4 Å². The van der Waals surface area contributed by atoms with Crippen molar-refractivity contribution >= 4 is 40.1 Å². The maximum atomic E-state index is 11.4. The third kappa shape index (κ3) is 7.37.